The Kier molecular flexibility index (Phi) is 7.73. The number of ether oxygens (including phenoxy) is 2. The van der Waals surface area contributed by atoms with Crippen LogP contribution in [0.25, 0.3) is 0 Å². The molecule has 0 aliphatic heterocycles. The zero-order valence-electron chi connectivity index (χ0n) is 17.3. The summed E-state index contributed by atoms with van der Waals surface area (Å²) in [6.45, 7) is 4.30. The molecule has 0 saturated carbocycles. The van der Waals surface area contributed by atoms with Crippen molar-refractivity contribution in [1.82, 2.24) is 5.43 Å². The van der Waals surface area contributed by atoms with Crippen molar-refractivity contribution in [3.63, 3.8) is 0 Å². The fourth-order valence-corrected chi connectivity index (χ4v) is 2.91. The molecule has 3 rings (SSSR count). The van der Waals surface area contributed by atoms with E-state index in [9.17, 15) is 4.79 Å². The van der Waals surface area contributed by atoms with Crippen molar-refractivity contribution in [2.75, 3.05) is 11.9 Å². The van der Waals surface area contributed by atoms with Crippen LogP contribution in [0, 0.1) is 6.92 Å². The summed E-state index contributed by atoms with van der Waals surface area (Å²) in [5.74, 6) is 0.353. The van der Waals surface area contributed by atoms with Crippen LogP contribution in [0.5, 0.6) is 11.5 Å². The predicted molar refractivity (Wildman–Crippen MR) is 127 cm³/mol. The van der Waals surface area contributed by atoms with Gasteiger partial charge in [0.15, 0.2) is 16.6 Å². The smallest absolute Gasteiger partial charge is 0.343 e. The molecule has 0 amide bonds. The topological polar surface area (TPSA) is 71.9 Å². The quantitative estimate of drug-likeness (QED) is 0.181. The zero-order valence-corrected chi connectivity index (χ0v) is 18.1. The lowest BCUT2D eigenvalue weighted by Gasteiger charge is -2.11. The van der Waals surface area contributed by atoms with Crippen LogP contribution in [0.2, 0.25) is 0 Å². The van der Waals surface area contributed by atoms with Gasteiger partial charge in [0.25, 0.3) is 0 Å². The highest BCUT2D eigenvalue weighted by molar-refractivity contribution is 7.80. The first-order valence-electron chi connectivity index (χ1n) is 9.76. The third kappa shape index (κ3) is 6.65. The summed E-state index contributed by atoms with van der Waals surface area (Å²) >= 11 is 5.26. The van der Waals surface area contributed by atoms with Gasteiger partial charge in [0, 0.05) is 5.69 Å². The third-order valence-corrected chi connectivity index (χ3v) is 4.33. The molecule has 0 aromatic heterocycles. The Morgan fingerprint density at radius 2 is 1.84 bits per heavy atom. The van der Waals surface area contributed by atoms with Gasteiger partial charge in [-0.1, -0.05) is 30.3 Å². The molecule has 0 saturated heterocycles. The van der Waals surface area contributed by atoms with Crippen molar-refractivity contribution in [3.05, 3.63) is 89.5 Å². The molecule has 2 N–H and O–H groups in total. The molecule has 0 aliphatic rings. The average Bonchev–Trinajstić information content (AvgIpc) is 2.76. The Morgan fingerprint density at radius 3 is 2.58 bits per heavy atom. The Morgan fingerprint density at radius 1 is 1.03 bits per heavy atom. The van der Waals surface area contributed by atoms with E-state index in [4.69, 9.17) is 21.7 Å². The van der Waals surface area contributed by atoms with Gasteiger partial charge < -0.3 is 14.8 Å². The highest BCUT2D eigenvalue weighted by Gasteiger charge is 2.12. The summed E-state index contributed by atoms with van der Waals surface area (Å²) in [7, 11) is 0. The molecule has 158 valence electrons. The summed E-state index contributed by atoms with van der Waals surface area (Å²) in [5.41, 5.74) is 6.03. The van der Waals surface area contributed by atoms with Gasteiger partial charge in [-0.25, -0.2) is 4.79 Å². The normalized spacial score (nSPS) is 10.5. The SMILES string of the molecule is CCOc1cc(C=NNC(=S)Nc2cccc(C)c2)ccc1OC(=O)c1ccccc1. The van der Waals surface area contributed by atoms with E-state index in [1.807, 2.05) is 44.2 Å². The minimum absolute atomic E-state index is 0.345. The Labute approximate surface area is 186 Å². The second-order valence-corrected chi connectivity index (χ2v) is 7.00. The molecule has 0 unspecified atom stereocenters. The van der Waals surface area contributed by atoms with Crippen molar-refractivity contribution in [1.29, 1.82) is 0 Å². The van der Waals surface area contributed by atoms with Gasteiger partial charge in [-0.2, -0.15) is 5.10 Å². The van der Waals surface area contributed by atoms with E-state index in [-0.39, 0.29) is 0 Å². The first kappa shape index (κ1) is 22.0. The lowest BCUT2D eigenvalue weighted by molar-refractivity contribution is 0.0728. The van der Waals surface area contributed by atoms with Crippen molar-refractivity contribution in [3.8, 4) is 11.5 Å². The first-order valence-corrected chi connectivity index (χ1v) is 10.2. The molecular weight excluding hydrogens is 410 g/mol. The Balaban J connectivity index is 1.64. The molecular formula is C24H23N3O3S. The summed E-state index contributed by atoms with van der Waals surface area (Å²) in [4.78, 5) is 12.3. The molecule has 3 aromatic carbocycles. The lowest BCUT2D eigenvalue weighted by atomic mass is 10.2. The Bertz CT molecular complexity index is 1080. The lowest BCUT2D eigenvalue weighted by Crippen LogP contribution is -2.23. The van der Waals surface area contributed by atoms with E-state index in [2.05, 4.69) is 15.8 Å². The minimum Gasteiger partial charge on any atom is -0.490 e. The van der Waals surface area contributed by atoms with Crippen LogP contribution in [0.15, 0.2) is 77.9 Å². The fourth-order valence-electron chi connectivity index (χ4n) is 2.74. The number of rotatable bonds is 7. The van der Waals surface area contributed by atoms with Crippen LogP contribution in [0.4, 0.5) is 5.69 Å². The number of nitrogens with zero attached hydrogens (tertiary/aromatic N) is 1. The molecule has 0 heterocycles. The second kappa shape index (κ2) is 10.9. The fraction of sp³-hybridized carbons (Fsp3) is 0.125. The number of carbonyl (C=O) groups excluding carboxylic acids is 1. The van der Waals surface area contributed by atoms with Gasteiger partial charge in [-0.05, 0) is 79.7 Å². The number of nitrogens with one attached hydrogen (secondary N) is 2. The van der Waals surface area contributed by atoms with Gasteiger partial charge in [-0.3, -0.25) is 5.43 Å². The number of carbonyl (C=O) groups is 1. The monoisotopic (exact) mass is 433 g/mol. The van der Waals surface area contributed by atoms with Gasteiger partial charge >= 0.3 is 5.97 Å². The van der Waals surface area contributed by atoms with Crippen LogP contribution in [0.3, 0.4) is 0 Å². The van der Waals surface area contributed by atoms with Crippen LogP contribution in [-0.4, -0.2) is 23.9 Å². The highest BCUT2D eigenvalue weighted by Crippen LogP contribution is 2.29. The average molecular weight is 434 g/mol. The molecule has 0 aliphatic carbocycles. The third-order valence-electron chi connectivity index (χ3n) is 4.14. The summed E-state index contributed by atoms with van der Waals surface area (Å²) in [5, 5.41) is 7.60. The standard InChI is InChI=1S/C24H23N3O3S/c1-3-29-22-15-18(12-13-21(22)30-23(28)19-9-5-4-6-10-19)16-25-27-24(31)26-20-11-7-8-17(2)14-20/h4-16H,3H2,1-2H3,(H2,26,27,31). The van der Waals surface area contributed by atoms with E-state index in [0.29, 0.717) is 28.8 Å². The van der Waals surface area contributed by atoms with Crippen molar-refractivity contribution >= 4 is 35.2 Å². The number of hydrazone groups is 1. The number of hydrogen-bond acceptors (Lipinski definition) is 5. The highest BCUT2D eigenvalue weighted by atomic mass is 32.1. The molecule has 0 bridgehead atoms. The largest absolute Gasteiger partial charge is 0.490 e. The number of hydrogen-bond donors (Lipinski definition) is 2. The van der Waals surface area contributed by atoms with Crippen LogP contribution in [0.1, 0.15) is 28.4 Å². The summed E-state index contributed by atoms with van der Waals surface area (Å²) < 4.78 is 11.1. The van der Waals surface area contributed by atoms with E-state index >= 15 is 0 Å². The van der Waals surface area contributed by atoms with Crippen molar-refractivity contribution in [2.24, 2.45) is 5.10 Å². The van der Waals surface area contributed by atoms with Crippen molar-refractivity contribution in [2.45, 2.75) is 13.8 Å². The maximum atomic E-state index is 12.3. The van der Waals surface area contributed by atoms with Gasteiger partial charge in [0.2, 0.25) is 0 Å². The molecule has 0 radical (unpaired) electrons. The maximum Gasteiger partial charge on any atom is 0.343 e. The zero-order chi connectivity index (χ0) is 22.1. The summed E-state index contributed by atoms with van der Waals surface area (Å²) in [6, 6.07) is 21.9. The van der Waals surface area contributed by atoms with E-state index in [0.717, 1.165) is 16.8 Å². The number of aryl methyl sites for hydroxylation is 1. The van der Waals surface area contributed by atoms with E-state index in [1.165, 1.54) is 0 Å². The van der Waals surface area contributed by atoms with Crippen LogP contribution in [-0.2, 0) is 0 Å². The minimum atomic E-state index is -0.447. The van der Waals surface area contributed by atoms with Gasteiger partial charge in [0.05, 0.1) is 18.4 Å². The first-order chi connectivity index (χ1) is 15.0. The molecule has 0 atom stereocenters. The van der Waals surface area contributed by atoms with Gasteiger partial charge in [-0.15, -0.1) is 0 Å². The number of esters is 1. The second-order valence-electron chi connectivity index (χ2n) is 6.59. The van der Waals surface area contributed by atoms with Crippen LogP contribution >= 0.6 is 12.2 Å². The molecule has 7 heteroatoms. The van der Waals surface area contributed by atoms with E-state index in [1.54, 1.807) is 48.7 Å². The predicted octanol–water partition coefficient (Wildman–Crippen LogP) is 4.93. The number of benzene rings is 3. The Hall–Kier alpha value is -3.71. The van der Waals surface area contributed by atoms with Crippen molar-refractivity contribution < 1.29 is 14.3 Å². The molecule has 31 heavy (non-hydrogen) atoms. The van der Waals surface area contributed by atoms with Gasteiger partial charge in [0.1, 0.15) is 0 Å². The molecule has 3 aromatic rings. The van der Waals surface area contributed by atoms with E-state index < -0.39 is 5.97 Å². The van der Waals surface area contributed by atoms with Crippen LogP contribution < -0.4 is 20.2 Å². The maximum absolute atomic E-state index is 12.3. The molecule has 6 nitrogen and oxygen atoms in total. The molecule has 0 fully saturated rings. The molecule has 0 spiro atoms. The number of thiocarbonyl (C=S) groups is 1. The number of anilines is 1. The summed E-state index contributed by atoms with van der Waals surface area (Å²) in [6.07, 6.45) is 1.61.